The fourth-order valence-corrected chi connectivity index (χ4v) is 2.37. The van der Waals surface area contributed by atoms with Gasteiger partial charge in [0.15, 0.2) is 5.69 Å². The number of carbonyl (C=O) groups is 1. The van der Waals surface area contributed by atoms with E-state index < -0.39 is 0 Å². The second-order valence-electron chi connectivity index (χ2n) is 4.57. The molecule has 4 nitrogen and oxygen atoms in total. The number of amides is 1. The Morgan fingerprint density at radius 3 is 3.18 bits per heavy atom. The Morgan fingerprint density at radius 1 is 1.65 bits per heavy atom. The minimum Gasteiger partial charge on any atom is -0.505 e. The van der Waals surface area contributed by atoms with Gasteiger partial charge in [-0.1, -0.05) is 13.3 Å². The summed E-state index contributed by atoms with van der Waals surface area (Å²) >= 11 is 0. The molecule has 0 radical (unpaired) electrons. The molecule has 2 heterocycles. The molecule has 2 rings (SSSR count). The van der Waals surface area contributed by atoms with Crippen molar-refractivity contribution in [1.82, 2.24) is 9.88 Å². The highest BCUT2D eigenvalue weighted by atomic mass is 16.3. The zero-order chi connectivity index (χ0) is 12.3. The average molecular weight is 234 g/mol. The summed E-state index contributed by atoms with van der Waals surface area (Å²) in [6.45, 7) is 3.73. The summed E-state index contributed by atoms with van der Waals surface area (Å²) in [5.74, 6) is 0.424. The average Bonchev–Trinajstić information content (AvgIpc) is 2.78. The molecule has 1 atom stereocenters. The molecule has 1 aromatic rings. The molecule has 0 aliphatic carbocycles. The van der Waals surface area contributed by atoms with Crippen LogP contribution in [0.15, 0.2) is 18.3 Å². The summed E-state index contributed by atoms with van der Waals surface area (Å²) in [4.78, 5) is 17.9. The molecule has 92 valence electrons. The lowest BCUT2D eigenvalue weighted by molar-refractivity contribution is 0.0777. The molecule has 1 N–H and O–H groups in total. The van der Waals surface area contributed by atoms with Gasteiger partial charge < -0.3 is 10.0 Å². The largest absolute Gasteiger partial charge is 0.505 e. The molecule has 1 unspecified atom stereocenters. The second kappa shape index (κ2) is 5.17. The molecule has 1 amide bonds. The standard InChI is InChI=1S/C13H18N2O2/c1-2-4-10-6-8-15(9-10)13(17)12-11(16)5-3-7-14-12/h3,5,7,10,16H,2,4,6,8-9H2,1H3. The topological polar surface area (TPSA) is 53.4 Å². The number of carbonyl (C=O) groups excluding carboxylic acids is 1. The molecule has 1 aliphatic heterocycles. The summed E-state index contributed by atoms with van der Waals surface area (Å²) in [5.41, 5.74) is 0.171. The molecule has 1 aromatic heterocycles. The van der Waals surface area contributed by atoms with Crippen LogP contribution in [-0.4, -0.2) is 34.0 Å². The SMILES string of the molecule is CCCC1CCN(C(=O)c2ncccc2O)C1. The first-order chi connectivity index (χ1) is 8.22. The van der Waals surface area contributed by atoms with Crippen molar-refractivity contribution < 1.29 is 9.90 Å². The summed E-state index contributed by atoms with van der Waals surface area (Å²) in [6, 6.07) is 3.12. The number of aromatic nitrogens is 1. The predicted molar refractivity (Wildman–Crippen MR) is 64.8 cm³/mol. The van der Waals surface area contributed by atoms with Crippen molar-refractivity contribution in [2.24, 2.45) is 5.92 Å². The van der Waals surface area contributed by atoms with Crippen molar-refractivity contribution in [3.05, 3.63) is 24.0 Å². The Hall–Kier alpha value is -1.58. The molecule has 1 aliphatic rings. The van der Waals surface area contributed by atoms with Crippen LogP contribution in [0.3, 0.4) is 0 Å². The maximum absolute atomic E-state index is 12.1. The van der Waals surface area contributed by atoms with Gasteiger partial charge in [-0.2, -0.15) is 0 Å². The van der Waals surface area contributed by atoms with Gasteiger partial charge in [0.05, 0.1) is 0 Å². The quantitative estimate of drug-likeness (QED) is 0.870. The van der Waals surface area contributed by atoms with E-state index in [2.05, 4.69) is 11.9 Å². The zero-order valence-corrected chi connectivity index (χ0v) is 10.1. The van der Waals surface area contributed by atoms with Gasteiger partial charge in [0.25, 0.3) is 5.91 Å². The van der Waals surface area contributed by atoms with Crippen molar-refractivity contribution in [2.45, 2.75) is 26.2 Å². The minimum atomic E-state index is -0.151. The third-order valence-corrected chi connectivity index (χ3v) is 3.26. The zero-order valence-electron chi connectivity index (χ0n) is 10.1. The lowest BCUT2D eigenvalue weighted by Gasteiger charge is -2.16. The Morgan fingerprint density at radius 2 is 2.47 bits per heavy atom. The van der Waals surface area contributed by atoms with Gasteiger partial charge in [-0.25, -0.2) is 4.98 Å². The van der Waals surface area contributed by atoms with E-state index in [1.165, 1.54) is 12.3 Å². The third-order valence-electron chi connectivity index (χ3n) is 3.26. The van der Waals surface area contributed by atoms with Crippen LogP contribution in [0, 0.1) is 5.92 Å². The molecule has 0 bridgehead atoms. The van der Waals surface area contributed by atoms with Crippen LogP contribution >= 0.6 is 0 Å². The normalized spacial score (nSPS) is 19.6. The van der Waals surface area contributed by atoms with Crippen LogP contribution in [-0.2, 0) is 0 Å². The van der Waals surface area contributed by atoms with E-state index in [4.69, 9.17) is 0 Å². The summed E-state index contributed by atoms with van der Waals surface area (Å²) in [6.07, 6.45) is 4.92. The van der Waals surface area contributed by atoms with Crippen LogP contribution in [0.25, 0.3) is 0 Å². The van der Waals surface area contributed by atoms with Gasteiger partial charge >= 0.3 is 0 Å². The fraction of sp³-hybridized carbons (Fsp3) is 0.538. The molecule has 0 spiro atoms. The molecule has 0 saturated carbocycles. The molecule has 0 aromatic carbocycles. The number of likely N-dealkylation sites (tertiary alicyclic amines) is 1. The van der Waals surface area contributed by atoms with Gasteiger partial charge in [-0.15, -0.1) is 0 Å². The Balaban J connectivity index is 2.05. The first kappa shape index (κ1) is 11.9. The number of rotatable bonds is 3. The number of hydrogen-bond acceptors (Lipinski definition) is 3. The number of hydrogen-bond donors (Lipinski definition) is 1. The van der Waals surface area contributed by atoms with E-state index >= 15 is 0 Å². The van der Waals surface area contributed by atoms with Gasteiger partial charge in [-0.05, 0) is 30.9 Å². The second-order valence-corrected chi connectivity index (χ2v) is 4.57. The highest BCUT2D eigenvalue weighted by Crippen LogP contribution is 2.24. The van der Waals surface area contributed by atoms with Crippen molar-refractivity contribution in [2.75, 3.05) is 13.1 Å². The van der Waals surface area contributed by atoms with Crippen LogP contribution in [0.1, 0.15) is 36.7 Å². The van der Waals surface area contributed by atoms with Crippen LogP contribution in [0.2, 0.25) is 0 Å². The van der Waals surface area contributed by atoms with Crippen molar-refractivity contribution >= 4 is 5.91 Å². The molecule has 1 saturated heterocycles. The van der Waals surface area contributed by atoms with Gasteiger partial charge in [0, 0.05) is 19.3 Å². The first-order valence-electron chi connectivity index (χ1n) is 6.15. The van der Waals surface area contributed by atoms with Crippen LogP contribution in [0.4, 0.5) is 0 Å². The van der Waals surface area contributed by atoms with Crippen molar-refractivity contribution in [3.8, 4) is 5.75 Å². The maximum atomic E-state index is 12.1. The lowest BCUT2D eigenvalue weighted by atomic mass is 10.0. The molecular formula is C13H18N2O2. The maximum Gasteiger partial charge on any atom is 0.276 e. The lowest BCUT2D eigenvalue weighted by Crippen LogP contribution is -2.29. The first-order valence-corrected chi connectivity index (χ1v) is 6.15. The van der Waals surface area contributed by atoms with E-state index in [0.29, 0.717) is 5.92 Å². The molecule has 4 heteroatoms. The van der Waals surface area contributed by atoms with Crippen LogP contribution in [0.5, 0.6) is 5.75 Å². The third kappa shape index (κ3) is 2.57. The van der Waals surface area contributed by atoms with Crippen molar-refractivity contribution in [1.29, 1.82) is 0 Å². The van der Waals surface area contributed by atoms with E-state index in [0.717, 1.165) is 32.4 Å². The number of nitrogens with zero attached hydrogens (tertiary/aromatic N) is 2. The van der Waals surface area contributed by atoms with E-state index in [-0.39, 0.29) is 17.4 Å². The van der Waals surface area contributed by atoms with E-state index in [1.807, 2.05) is 0 Å². The van der Waals surface area contributed by atoms with Gasteiger partial charge in [0.2, 0.25) is 0 Å². The van der Waals surface area contributed by atoms with Gasteiger partial charge in [0.1, 0.15) is 5.75 Å². The predicted octanol–water partition coefficient (Wildman–Crippen LogP) is 2.05. The smallest absolute Gasteiger partial charge is 0.276 e. The Bertz CT molecular complexity index is 406. The van der Waals surface area contributed by atoms with E-state index in [9.17, 15) is 9.90 Å². The minimum absolute atomic E-state index is 0.0311. The molecule has 1 fully saturated rings. The fourth-order valence-electron chi connectivity index (χ4n) is 2.37. The summed E-state index contributed by atoms with van der Waals surface area (Å²) < 4.78 is 0. The monoisotopic (exact) mass is 234 g/mol. The van der Waals surface area contributed by atoms with E-state index in [1.54, 1.807) is 11.0 Å². The van der Waals surface area contributed by atoms with Gasteiger partial charge in [-0.3, -0.25) is 4.79 Å². The highest BCUT2D eigenvalue weighted by molar-refractivity contribution is 5.94. The highest BCUT2D eigenvalue weighted by Gasteiger charge is 2.28. The number of aromatic hydroxyl groups is 1. The number of pyridine rings is 1. The van der Waals surface area contributed by atoms with Crippen LogP contribution < -0.4 is 0 Å². The molecular weight excluding hydrogens is 216 g/mol. The summed E-state index contributed by atoms with van der Waals surface area (Å²) in [7, 11) is 0. The van der Waals surface area contributed by atoms with Crippen molar-refractivity contribution in [3.63, 3.8) is 0 Å². The Kier molecular flexibility index (Phi) is 3.61. The molecule has 17 heavy (non-hydrogen) atoms. The summed E-state index contributed by atoms with van der Waals surface area (Å²) in [5, 5.41) is 9.60. The Labute approximate surface area is 101 Å².